The summed E-state index contributed by atoms with van der Waals surface area (Å²) in [5.74, 6) is -1.68. The normalized spacial score (nSPS) is 55.0. The Balaban J connectivity index is 1.02. The van der Waals surface area contributed by atoms with Crippen LogP contribution in [0.1, 0.15) is 71.6 Å². The average molecular weight is 713 g/mol. The van der Waals surface area contributed by atoms with Crippen molar-refractivity contribution in [2.24, 2.45) is 28.6 Å². The third-order valence-electron chi connectivity index (χ3n) is 13.9. The van der Waals surface area contributed by atoms with E-state index < -0.39 is 114 Å². The van der Waals surface area contributed by atoms with Crippen molar-refractivity contribution in [3.8, 4) is 0 Å². The first-order valence-electron chi connectivity index (χ1n) is 18.0. The maximum atomic E-state index is 13.2. The fourth-order valence-electron chi connectivity index (χ4n) is 11.4. The highest BCUT2D eigenvalue weighted by Gasteiger charge is 2.73. The third kappa shape index (κ3) is 5.46. The Hall–Kier alpha value is -1.60. The maximum absolute atomic E-state index is 13.2. The summed E-state index contributed by atoms with van der Waals surface area (Å²) in [6.07, 6.45) is -8.03. The van der Waals surface area contributed by atoms with Crippen LogP contribution in [0, 0.1) is 28.6 Å². The molecule has 7 aliphatic rings. The Bertz CT molecular complexity index is 1330. The molecule has 4 saturated carbocycles. The number of hydrogen-bond acceptors (Lipinski definition) is 15. The van der Waals surface area contributed by atoms with Crippen LogP contribution in [0.3, 0.4) is 0 Å². The van der Waals surface area contributed by atoms with Gasteiger partial charge in [0.25, 0.3) is 0 Å². The van der Waals surface area contributed by atoms with E-state index >= 15 is 0 Å². The van der Waals surface area contributed by atoms with E-state index in [2.05, 4.69) is 0 Å². The predicted octanol–water partition coefficient (Wildman–Crippen LogP) is -1.43. The van der Waals surface area contributed by atoms with E-state index in [-0.39, 0.29) is 44.6 Å². The lowest BCUT2D eigenvalue weighted by Crippen LogP contribution is -2.72. The molecule has 0 amide bonds. The van der Waals surface area contributed by atoms with Crippen molar-refractivity contribution in [2.75, 3.05) is 13.2 Å². The van der Waals surface area contributed by atoms with Gasteiger partial charge in [-0.05, 0) is 69.3 Å². The molecular formula is C35H52O15. The molecule has 15 heteroatoms. The Kier molecular flexibility index (Phi) is 9.60. The predicted molar refractivity (Wildman–Crippen MR) is 167 cm³/mol. The largest absolute Gasteiger partial charge is 0.458 e. The van der Waals surface area contributed by atoms with Gasteiger partial charge >= 0.3 is 5.97 Å². The molecule has 2 saturated heterocycles. The van der Waals surface area contributed by atoms with Crippen molar-refractivity contribution in [2.45, 2.75) is 150 Å². The van der Waals surface area contributed by atoms with Crippen LogP contribution in [0.25, 0.3) is 0 Å². The van der Waals surface area contributed by atoms with Gasteiger partial charge in [0.2, 0.25) is 0 Å². The van der Waals surface area contributed by atoms with Crippen LogP contribution in [-0.4, -0.2) is 145 Å². The molecule has 4 aliphatic carbocycles. The Morgan fingerprint density at radius 1 is 0.940 bits per heavy atom. The lowest BCUT2D eigenvalue weighted by atomic mass is 9.41. The quantitative estimate of drug-likeness (QED) is 0.0858. The molecule has 0 spiro atoms. The lowest BCUT2D eigenvalue weighted by molar-refractivity contribution is -0.345. The molecule has 7 rings (SSSR count). The highest BCUT2D eigenvalue weighted by atomic mass is 16.7. The zero-order valence-electron chi connectivity index (χ0n) is 28.5. The molecule has 0 unspecified atom stereocenters. The monoisotopic (exact) mass is 712 g/mol. The van der Waals surface area contributed by atoms with E-state index in [1.807, 2.05) is 6.92 Å². The number of fused-ring (bicyclic) bond motifs is 5. The molecule has 0 aromatic heterocycles. The SMILES string of the molecule is C[C@H]1O[C@@H](O[C@H]2CC[C@]3(C=O)[C@H]4[C@H](O)C[C@]5(C)[C@@H](C6=CC(=O)OC6)CC[C@]5(O)[C@@H]4CC[C@]3(O)C2)C[C@H](O)[C@@H]1O[C@@H]1O[C@H](CO)[C@@H](O)[C@H](O)[C@H]1O. The second-order valence-corrected chi connectivity index (χ2v) is 16.3. The fourth-order valence-corrected chi connectivity index (χ4v) is 11.4. The van der Waals surface area contributed by atoms with Gasteiger partial charge in [-0.15, -0.1) is 0 Å². The number of carbonyl (C=O) groups is 2. The van der Waals surface area contributed by atoms with E-state index in [4.69, 9.17) is 23.7 Å². The Morgan fingerprint density at radius 2 is 1.70 bits per heavy atom. The fraction of sp³-hybridized carbons (Fsp3) is 0.886. The van der Waals surface area contributed by atoms with Gasteiger partial charge in [0.15, 0.2) is 12.6 Å². The topological polar surface area (TPSA) is 242 Å². The first-order valence-corrected chi connectivity index (χ1v) is 18.0. The summed E-state index contributed by atoms with van der Waals surface area (Å²) in [4.78, 5) is 25.1. The molecule has 3 aliphatic heterocycles. The van der Waals surface area contributed by atoms with Gasteiger partial charge < -0.3 is 69.3 Å². The molecule has 3 heterocycles. The average Bonchev–Trinajstić information content (AvgIpc) is 3.61. The van der Waals surface area contributed by atoms with Crippen LogP contribution >= 0.6 is 0 Å². The van der Waals surface area contributed by atoms with Crippen molar-refractivity contribution in [1.29, 1.82) is 0 Å². The van der Waals surface area contributed by atoms with Gasteiger partial charge in [-0.3, -0.25) is 0 Å². The van der Waals surface area contributed by atoms with Gasteiger partial charge in [0.05, 0.1) is 47.6 Å². The van der Waals surface area contributed by atoms with Crippen molar-refractivity contribution in [3.63, 3.8) is 0 Å². The minimum absolute atomic E-state index is 0.0382. The lowest BCUT2D eigenvalue weighted by Gasteiger charge is -2.66. The summed E-state index contributed by atoms with van der Waals surface area (Å²) in [5.41, 5.74) is -3.97. The van der Waals surface area contributed by atoms with Crippen LogP contribution < -0.4 is 0 Å². The molecule has 18 atom stereocenters. The summed E-state index contributed by atoms with van der Waals surface area (Å²) < 4.78 is 28.7. The molecular weight excluding hydrogens is 660 g/mol. The molecule has 0 bridgehead atoms. The van der Waals surface area contributed by atoms with Crippen molar-refractivity contribution < 1.29 is 74.1 Å². The minimum Gasteiger partial charge on any atom is -0.458 e. The first kappa shape index (κ1) is 36.7. The second-order valence-electron chi connectivity index (χ2n) is 16.3. The molecule has 15 nitrogen and oxygen atoms in total. The van der Waals surface area contributed by atoms with Crippen LogP contribution in [0.4, 0.5) is 0 Å². The number of aliphatic hydroxyl groups is 8. The van der Waals surface area contributed by atoms with Crippen LogP contribution in [0.2, 0.25) is 0 Å². The highest BCUT2D eigenvalue weighted by molar-refractivity contribution is 5.85. The third-order valence-corrected chi connectivity index (χ3v) is 13.9. The number of aliphatic hydroxyl groups excluding tert-OH is 6. The van der Waals surface area contributed by atoms with Gasteiger partial charge in [-0.1, -0.05) is 6.92 Å². The maximum Gasteiger partial charge on any atom is 0.331 e. The van der Waals surface area contributed by atoms with E-state index in [9.17, 15) is 50.4 Å². The van der Waals surface area contributed by atoms with E-state index in [1.54, 1.807) is 6.92 Å². The van der Waals surface area contributed by atoms with E-state index in [0.29, 0.717) is 25.7 Å². The molecule has 0 radical (unpaired) electrons. The van der Waals surface area contributed by atoms with Gasteiger partial charge in [0, 0.05) is 30.3 Å². The van der Waals surface area contributed by atoms with Crippen LogP contribution in [0.5, 0.6) is 0 Å². The standard InChI is InChI=1S/C35H52O15/c1-16-30(50-31-29(43)28(42)27(41)23(13-36)49-31)21(38)10-25(47-16)48-18-3-6-33(15-37)26-20(4-7-34(33,44)11-18)35(45)8-5-19(17-9-24(40)46-14-17)32(35,2)12-22(26)39/h9,15-16,18-23,25-31,36,38-39,41-45H,3-8,10-14H2,1-2H3/t16-,18+,19-,20-,21+,22-,23-,25+,26-,27-,28+,29-,30-,31+,32-,33+,34+,35+/m1/s1. The van der Waals surface area contributed by atoms with E-state index in [1.165, 1.54) is 6.08 Å². The summed E-state index contributed by atoms with van der Waals surface area (Å²) in [6.45, 7) is 3.14. The molecule has 8 N–H and O–H groups in total. The van der Waals surface area contributed by atoms with Crippen molar-refractivity contribution in [1.82, 2.24) is 0 Å². The smallest absolute Gasteiger partial charge is 0.331 e. The molecule has 0 aromatic carbocycles. The number of aldehydes is 1. The molecule has 0 aromatic rings. The van der Waals surface area contributed by atoms with Crippen LogP contribution in [0.15, 0.2) is 11.6 Å². The second kappa shape index (κ2) is 13.1. The van der Waals surface area contributed by atoms with Gasteiger partial charge in [-0.2, -0.15) is 0 Å². The Morgan fingerprint density at radius 3 is 2.36 bits per heavy atom. The van der Waals surface area contributed by atoms with Crippen molar-refractivity contribution in [3.05, 3.63) is 11.6 Å². The number of cyclic esters (lactones) is 1. The van der Waals surface area contributed by atoms with E-state index in [0.717, 1.165) is 11.9 Å². The number of hydrogen-bond donors (Lipinski definition) is 8. The summed E-state index contributed by atoms with van der Waals surface area (Å²) in [5, 5.41) is 87.7. The number of esters is 1. The summed E-state index contributed by atoms with van der Waals surface area (Å²) in [6, 6.07) is 0. The van der Waals surface area contributed by atoms with Crippen molar-refractivity contribution >= 4 is 12.3 Å². The molecule has 6 fully saturated rings. The molecule has 282 valence electrons. The van der Waals surface area contributed by atoms with Crippen LogP contribution in [-0.2, 0) is 33.3 Å². The summed E-state index contributed by atoms with van der Waals surface area (Å²) in [7, 11) is 0. The highest BCUT2D eigenvalue weighted by Crippen LogP contribution is 2.70. The number of rotatable bonds is 7. The minimum atomic E-state index is -1.64. The zero-order valence-corrected chi connectivity index (χ0v) is 28.5. The number of carbonyl (C=O) groups excluding carboxylic acids is 2. The van der Waals surface area contributed by atoms with Gasteiger partial charge in [0.1, 0.15) is 43.4 Å². The Labute approximate surface area is 290 Å². The number of ether oxygens (including phenoxy) is 5. The van der Waals surface area contributed by atoms with Gasteiger partial charge in [-0.25, -0.2) is 4.79 Å². The zero-order chi connectivity index (χ0) is 36.0. The first-order chi connectivity index (χ1) is 23.6. The molecule has 50 heavy (non-hydrogen) atoms. The summed E-state index contributed by atoms with van der Waals surface area (Å²) >= 11 is 0.